The van der Waals surface area contributed by atoms with E-state index in [0.29, 0.717) is 0 Å². The summed E-state index contributed by atoms with van der Waals surface area (Å²) in [7, 11) is 0. The van der Waals surface area contributed by atoms with Gasteiger partial charge in [0.1, 0.15) is 0 Å². The van der Waals surface area contributed by atoms with Crippen molar-refractivity contribution in [2.75, 3.05) is 13.2 Å². The molecule has 1 aliphatic rings. The smallest absolute Gasteiger partial charge is 0.395 e. The molecule has 0 fully saturated rings. The molecular formula is C7H7F3N2O2. The number of alkyl halides is 3. The Balaban J connectivity index is 2.54. The zero-order chi connectivity index (χ0) is 10.6. The molecule has 0 saturated heterocycles. The van der Waals surface area contributed by atoms with Gasteiger partial charge in [-0.25, -0.2) is 9.18 Å². The van der Waals surface area contributed by atoms with E-state index in [4.69, 9.17) is 0 Å². The number of carbonyl (C=O) groups is 1. The van der Waals surface area contributed by atoms with E-state index in [-0.39, 0.29) is 12.1 Å². The van der Waals surface area contributed by atoms with Crippen molar-refractivity contribution >= 4 is 12.3 Å². The molecule has 0 amide bonds. The summed E-state index contributed by atoms with van der Waals surface area (Å²) >= 11 is 0. The predicted octanol–water partition coefficient (Wildman–Crippen LogP) is 0.607. The maximum absolute atomic E-state index is 12.3. The van der Waals surface area contributed by atoms with Crippen LogP contribution in [0.3, 0.4) is 0 Å². The lowest BCUT2D eigenvalue weighted by Crippen LogP contribution is -2.29. The summed E-state index contributed by atoms with van der Waals surface area (Å²) in [5, 5.41) is 2.43. The first-order valence-electron chi connectivity index (χ1n) is 3.66. The van der Waals surface area contributed by atoms with Gasteiger partial charge in [-0.2, -0.15) is 8.78 Å². The molecule has 7 heteroatoms. The van der Waals surface area contributed by atoms with Crippen LogP contribution in [0.15, 0.2) is 16.8 Å². The van der Waals surface area contributed by atoms with Crippen molar-refractivity contribution in [3.63, 3.8) is 0 Å². The summed E-state index contributed by atoms with van der Waals surface area (Å²) in [5.74, 6) is -1.28. The number of carbonyl (C=O) groups excluding carboxylic acids is 1. The number of hydrogen-bond donors (Lipinski definition) is 1. The lowest BCUT2D eigenvalue weighted by molar-refractivity contribution is -0.235. The number of halogens is 3. The average molecular weight is 208 g/mol. The molecule has 1 rings (SSSR count). The van der Waals surface area contributed by atoms with Crippen LogP contribution in [0.2, 0.25) is 0 Å². The second-order valence-electron chi connectivity index (χ2n) is 2.47. The highest BCUT2D eigenvalue weighted by atomic mass is 19.3. The largest absolute Gasteiger partial charge is 0.429 e. The Hall–Kier alpha value is -1.53. The molecule has 0 spiro atoms. The molecule has 0 radical (unpaired) electrons. The van der Waals surface area contributed by atoms with Gasteiger partial charge in [0.2, 0.25) is 0 Å². The summed E-state index contributed by atoms with van der Waals surface area (Å²) in [6.07, 6.45) is -1.60. The van der Waals surface area contributed by atoms with Crippen molar-refractivity contribution in [1.29, 1.82) is 0 Å². The minimum absolute atomic E-state index is 0.0613. The number of ether oxygens (including phenoxy) is 1. The van der Waals surface area contributed by atoms with Gasteiger partial charge in [0.15, 0.2) is 6.67 Å². The highest BCUT2D eigenvalue weighted by Gasteiger charge is 2.35. The van der Waals surface area contributed by atoms with Gasteiger partial charge in [-0.15, -0.1) is 0 Å². The molecule has 1 N–H and O–H groups in total. The van der Waals surface area contributed by atoms with Gasteiger partial charge in [-0.05, 0) is 0 Å². The van der Waals surface area contributed by atoms with Gasteiger partial charge in [-0.3, -0.25) is 4.99 Å². The van der Waals surface area contributed by atoms with Crippen LogP contribution in [0.1, 0.15) is 0 Å². The Kier molecular flexibility index (Phi) is 3.10. The molecule has 0 aromatic heterocycles. The number of nitrogens with zero attached hydrogens (tertiary/aromatic N) is 1. The van der Waals surface area contributed by atoms with E-state index < -0.39 is 18.8 Å². The van der Waals surface area contributed by atoms with Gasteiger partial charge in [0, 0.05) is 6.20 Å². The van der Waals surface area contributed by atoms with Crippen LogP contribution in [-0.4, -0.2) is 31.6 Å². The van der Waals surface area contributed by atoms with E-state index in [9.17, 15) is 18.0 Å². The summed E-state index contributed by atoms with van der Waals surface area (Å²) in [6, 6.07) is 0. The first kappa shape index (κ1) is 10.6. The predicted molar refractivity (Wildman–Crippen MR) is 41.6 cm³/mol. The third-order valence-electron chi connectivity index (χ3n) is 1.34. The third-order valence-corrected chi connectivity index (χ3v) is 1.34. The van der Waals surface area contributed by atoms with Crippen molar-refractivity contribution in [2.45, 2.75) is 6.11 Å². The molecule has 0 aromatic carbocycles. The minimum Gasteiger partial charge on any atom is -0.395 e. The highest BCUT2D eigenvalue weighted by Crippen LogP contribution is 2.18. The molecule has 1 heterocycles. The van der Waals surface area contributed by atoms with E-state index in [2.05, 4.69) is 15.0 Å². The van der Waals surface area contributed by atoms with Crippen LogP contribution in [0.5, 0.6) is 0 Å². The summed E-state index contributed by atoms with van der Waals surface area (Å²) in [5.41, 5.74) is -0.0828. The van der Waals surface area contributed by atoms with E-state index >= 15 is 0 Å². The highest BCUT2D eigenvalue weighted by molar-refractivity contribution is 5.90. The van der Waals surface area contributed by atoms with Crippen molar-refractivity contribution in [1.82, 2.24) is 5.32 Å². The van der Waals surface area contributed by atoms with Crippen molar-refractivity contribution < 1.29 is 22.7 Å². The Morgan fingerprint density at radius 1 is 1.71 bits per heavy atom. The number of rotatable bonds is 3. The topological polar surface area (TPSA) is 50.7 Å². The number of nitrogens with one attached hydrogen (secondary N) is 1. The van der Waals surface area contributed by atoms with Crippen LogP contribution in [0.25, 0.3) is 0 Å². The van der Waals surface area contributed by atoms with Gasteiger partial charge < -0.3 is 10.1 Å². The average Bonchev–Trinajstić information content (AvgIpc) is 2.19. The fourth-order valence-electron chi connectivity index (χ4n) is 0.732. The Bertz CT molecular complexity index is 289. The van der Waals surface area contributed by atoms with Gasteiger partial charge in [-0.1, -0.05) is 0 Å². The zero-order valence-electron chi connectivity index (χ0n) is 6.97. The standard InChI is InChI=1S/C7H7F3N2O2/c8-3-7(9,10)14-6(13)5-1-11-4-12-2-5/h1,4H,2-3H2,(H,11,12). The first-order valence-corrected chi connectivity index (χ1v) is 3.66. The second kappa shape index (κ2) is 4.12. The third kappa shape index (κ3) is 2.75. The van der Waals surface area contributed by atoms with Crippen molar-refractivity contribution in [2.24, 2.45) is 4.99 Å². The summed E-state index contributed by atoms with van der Waals surface area (Å²) < 4.78 is 39.7. The van der Waals surface area contributed by atoms with E-state index in [0.717, 1.165) is 0 Å². The van der Waals surface area contributed by atoms with Crippen LogP contribution >= 0.6 is 0 Å². The second-order valence-corrected chi connectivity index (χ2v) is 2.47. The molecule has 14 heavy (non-hydrogen) atoms. The Labute approximate surface area is 77.5 Å². The summed E-state index contributed by atoms with van der Waals surface area (Å²) in [6.45, 7) is -2.10. The quantitative estimate of drug-likeness (QED) is 0.691. The van der Waals surface area contributed by atoms with Gasteiger partial charge in [0.05, 0.1) is 18.5 Å². The van der Waals surface area contributed by atoms with Crippen LogP contribution in [0.4, 0.5) is 13.2 Å². The monoisotopic (exact) mass is 208 g/mol. The van der Waals surface area contributed by atoms with Gasteiger partial charge in [0.25, 0.3) is 0 Å². The number of hydrogen-bond acceptors (Lipinski definition) is 4. The fraction of sp³-hybridized carbons (Fsp3) is 0.429. The minimum atomic E-state index is -4.07. The molecule has 78 valence electrons. The van der Waals surface area contributed by atoms with Crippen LogP contribution in [-0.2, 0) is 9.53 Å². The summed E-state index contributed by atoms with van der Waals surface area (Å²) in [4.78, 5) is 14.5. The van der Waals surface area contributed by atoms with Crippen molar-refractivity contribution in [3.8, 4) is 0 Å². The molecule has 4 nitrogen and oxygen atoms in total. The molecule has 0 unspecified atom stereocenters. The molecular weight excluding hydrogens is 201 g/mol. The SMILES string of the molecule is O=C(OC(F)(F)CF)C1=CNC=NC1. The van der Waals surface area contributed by atoms with Crippen LogP contribution in [0, 0.1) is 0 Å². The van der Waals surface area contributed by atoms with E-state index in [1.807, 2.05) is 0 Å². The Morgan fingerprint density at radius 2 is 2.43 bits per heavy atom. The number of aliphatic imine (C=N–C) groups is 1. The molecule has 0 atom stereocenters. The molecule has 1 aliphatic heterocycles. The maximum Gasteiger partial charge on any atom is 0.429 e. The lowest BCUT2D eigenvalue weighted by Gasteiger charge is -2.14. The fourth-order valence-corrected chi connectivity index (χ4v) is 0.732. The molecule has 0 aromatic rings. The lowest BCUT2D eigenvalue weighted by atomic mass is 10.3. The van der Waals surface area contributed by atoms with Crippen molar-refractivity contribution in [3.05, 3.63) is 11.8 Å². The maximum atomic E-state index is 12.3. The van der Waals surface area contributed by atoms with Gasteiger partial charge >= 0.3 is 12.1 Å². The molecule has 0 bridgehead atoms. The number of esters is 1. The van der Waals surface area contributed by atoms with E-state index in [1.165, 1.54) is 12.5 Å². The Morgan fingerprint density at radius 3 is 2.93 bits per heavy atom. The first-order chi connectivity index (χ1) is 6.55. The van der Waals surface area contributed by atoms with E-state index in [1.54, 1.807) is 0 Å². The molecule has 0 aliphatic carbocycles. The van der Waals surface area contributed by atoms with Crippen LogP contribution < -0.4 is 5.32 Å². The normalized spacial score (nSPS) is 15.8. The zero-order valence-corrected chi connectivity index (χ0v) is 6.97. The molecule has 0 saturated carbocycles.